The Hall–Kier alpha value is -2.22. The zero-order valence-corrected chi connectivity index (χ0v) is 23.0. The summed E-state index contributed by atoms with van der Waals surface area (Å²) in [5.74, 6) is 0.118. The van der Waals surface area contributed by atoms with E-state index in [-0.39, 0.29) is 23.9 Å². The molecule has 2 atom stereocenters. The summed E-state index contributed by atoms with van der Waals surface area (Å²) in [4.78, 5) is 41.4. The highest BCUT2D eigenvalue weighted by molar-refractivity contribution is 7.98. The number of hydrogen-bond donors (Lipinski definition) is 2. The summed E-state index contributed by atoms with van der Waals surface area (Å²) < 4.78 is 5.40. The molecule has 0 saturated carbocycles. The Morgan fingerprint density at radius 3 is 2.06 bits per heavy atom. The highest BCUT2D eigenvalue weighted by Crippen LogP contribution is 2.26. The van der Waals surface area contributed by atoms with Crippen LogP contribution in [0.25, 0.3) is 0 Å². The van der Waals surface area contributed by atoms with Crippen molar-refractivity contribution in [2.75, 3.05) is 12.0 Å². The SMILES string of the molecule is CCc1ccc(C(C(=O)NC(C)C)N(C(=O)C(CCSC)NC(=O)OC(C)(C)C)C(C)C)cc1. The molecule has 0 aliphatic carbocycles. The van der Waals surface area contributed by atoms with Crippen LogP contribution in [0.15, 0.2) is 24.3 Å². The highest BCUT2D eigenvalue weighted by atomic mass is 32.2. The number of hydrogen-bond acceptors (Lipinski definition) is 5. The van der Waals surface area contributed by atoms with Crippen LogP contribution in [0.2, 0.25) is 0 Å². The molecular weight excluding hydrogens is 450 g/mol. The molecule has 1 rings (SSSR count). The van der Waals surface area contributed by atoms with Crippen molar-refractivity contribution in [2.45, 2.75) is 98.0 Å². The third kappa shape index (κ3) is 9.57. The number of ether oxygens (including phenoxy) is 1. The number of alkyl carbamates (subject to hydrolysis) is 1. The molecular formula is C26H43N3O4S. The second-order valence-electron chi connectivity index (χ2n) is 9.98. The second kappa shape index (κ2) is 13.6. The number of amides is 3. The molecule has 0 aliphatic rings. The van der Waals surface area contributed by atoms with Gasteiger partial charge in [0.05, 0.1) is 0 Å². The second-order valence-corrected chi connectivity index (χ2v) is 11.0. The maximum absolute atomic E-state index is 13.9. The van der Waals surface area contributed by atoms with E-state index in [1.54, 1.807) is 37.4 Å². The molecule has 3 amide bonds. The van der Waals surface area contributed by atoms with E-state index in [0.717, 1.165) is 17.5 Å². The van der Waals surface area contributed by atoms with Crippen LogP contribution in [0.1, 0.15) is 79.0 Å². The van der Waals surface area contributed by atoms with Gasteiger partial charge in [0.1, 0.15) is 17.7 Å². The molecule has 2 N–H and O–H groups in total. The Balaban J connectivity index is 3.41. The van der Waals surface area contributed by atoms with E-state index >= 15 is 0 Å². The van der Waals surface area contributed by atoms with Gasteiger partial charge in [0.25, 0.3) is 0 Å². The van der Waals surface area contributed by atoms with E-state index in [9.17, 15) is 14.4 Å². The first kappa shape index (κ1) is 29.8. The Morgan fingerprint density at radius 1 is 1.03 bits per heavy atom. The van der Waals surface area contributed by atoms with Crippen LogP contribution >= 0.6 is 11.8 Å². The van der Waals surface area contributed by atoms with Gasteiger partial charge in [0.15, 0.2) is 0 Å². The number of carbonyl (C=O) groups excluding carboxylic acids is 3. The van der Waals surface area contributed by atoms with Gasteiger partial charge in [-0.1, -0.05) is 31.2 Å². The predicted octanol–water partition coefficient (Wildman–Crippen LogP) is 4.70. The molecule has 0 radical (unpaired) electrons. The molecule has 7 nitrogen and oxygen atoms in total. The zero-order valence-electron chi connectivity index (χ0n) is 22.2. The quantitative estimate of drug-likeness (QED) is 0.467. The molecule has 1 aromatic rings. The number of carbonyl (C=O) groups is 3. The molecule has 0 bridgehead atoms. The van der Waals surface area contributed by atoms with Crippen LogP contribution in [-0.2, 0) is 20.7 Å². The number of thioether (sulfide) groups is 1. The van der Waals surface area contributed by atoms with Crippen molar-refractivity contribution >= 4 is 29.7 Å². The average Bonchev–Trinajstić information content (AvgIpc) is 2.72. The summed E-state index contributed by atoms with van der Waals surface area (Å²) in [6.45, 7) is 14.9. The van der Waals surface area contributed by atoms with Crippen LogP contribution in [0, 0.1) is 0 Å². The van der Waals surface area contributed by atoms with Crippen LogP contribution in [0.4, 0.5) is 4.79 Å². The standard InChI is InChI=1S/C26H43N3O4S/c1-10-19-11-13-20(14-12-19)22(23(30)27-17(2)3)29(18(4)5)24(31)21(15-16-34-9)28-25(32)33-26(6,7)8/h11-14,17-18,21-22H,10,15-16H2,1-9H3,(H,27,30)(H,28,32). The van der Waals surface area contributed by atoms with Crippen LogP contribution < -0.4 is 10.6 Å². The Bertz CT molecular complexity index is 803. The maximum Gasteiger partial charge on any atom is 0.408 e. The summed E-state index contributed by atoms with van der Waals surface area (Å²) in [5, 5.41) is 5.72. The number of rotatable bonds is 11. The predicted molar refractivity (Wildman–Crippen MR) is 140 cm³/mol. The van der Waals surface area contributed by atoms with E-state index in [1.807, 2.05) is 58.2 Å². The molecule has 0 spiro atoms. The summed E-state index contributed by atoms with van der Waals surface area (Å²) in [7, 11) is 0. The minimum absolute atomic E-state index is 0.0822. The van der Waals surface area contributed by atoms with Crippen molar-refractivity contribution < 1.29 is 19.1 Å². The zero-order chi connectivity index (χ0) is 26.1. The van der Waals surface area contributed by atoms with E-state index in [0.29, 0.717) is 12.2 Å². The smallest absolute Gasteiger partial charge is 0.408 e. The van der Waals surface area contributed by atoms with Crippen molar-refractivity contribution in [3.8, 4) is 0 Å². The molecule has 0 saturated heterocycles. The molecule has 1 aromatic carbocycles. The van der Waals surface area contributed by atoms with Gasteiger partial charge in [-0.15, -0.1) is 0 Å². The maximum atomic E-state index is 13.9. The Kier molecular flexibility index (Phi) is 11.9. The van der Waals surface area contributed by atoms with E-state index in [1.165, 1.54) is 0 Å². The van der Waals surface area contributed by atoms with Crippen molar-refractivity contribution in [3.05, 3.63) is 35.4 Å². The molecule has 8 heteroatoms. The minimum atomic E-state index is -0.821. The van der Waals surface area contributed by atoms with Gasteiger partial charge < -0.3 is 20.3 Å². The number of nitrogens with zero attached hydrogens (tertiary/aromatic N) is 1. The largest absolute Gasteiger partial charge is 0.444 e. The molecule has 2 unspecified atom stereocenters. The third-order valence-corrected chi connectivity index (χ3v) is 5.72. The third-order valence-electron chi connectivity index (χ3n) is 5.07. The van der Waals surface area contributed by atoms with Crippen LogP contribution in [0.3, 0.4) is 0 Å². The highest BCUT2D eigenvalue weighted by Gasteiger charge is 2.37. The minimum Gasteiger partial charge on any atom is -0.444 e. The van der Waals surface area contributed by atoms with Gasteiger partial charge in [-0.3, -0.25) is 9.59 Å². The average molecular weight is 494 g/mol. The van der Waals surface area contributed by atoms with Crippen LogP contribution in [-0.4, -0.2) is 58.5 Å². The van der Waals surface area contributed by atoms with Gasteiger partial charge in [0, 0.05) is 12.1 Å². The lowest BCUT2D eigenvalue weighted by Crippen LogP contribution is -2.55. The van der Waals surface area contributed by atoms with Crippen molar-refractivity contribution in [3.63, 3.8) is 0 Å². The normalized spacial score (nSPS) is 13.4. The Labute approximate surface area is 209 Å². The van der Waals surface area contributed by atoms with Gasteiger partial charge in [-0.25, -0.2) is 4.79 Å². The lowest BCUT2D eigenvalue weighted by atomic mass is 9.98. The molecule has 0 aromatic heterocycles. The van der Waals surface area contributed by atoms with E-state index < -0.39 is 23.8 Å². The summed E-state index contributed by atoms with van der Waals surface area (Å²) in [5.41, 5.74) is 1.20. The first-order chi connectivity index (χ1) is 15.8. The van der Waals surface area contributed by atoms with Gasteiger partial charge >= 0.3 is 6.09 Å². The molecule has 192 valence electrons. The number of benzene rings is 1. The van der Waals surface area contributed by atoms with Gasteiger partial charge in [0.2, 0.25) is 11.8 Å². The first-order valence-electron chi connectivity index (χ1n) is 12.0. The van der Waals surface area contributed by atoms with Crippen molar-refractivity contribution in [1.29, 1.82) is 0 Å². The summed E-state index contributed by atoms with van der Waals surface area (Å²) in [6, 6.07) is 5.79. The molecule has 0 aliphatic heterocycles. The Morgan fingerprint density at radius 2 is 1.62 bits per heavy atom. The van der Waals surface area contributed by atoms with Crippen molar-refractivity contribution in [1.82, 2.24) is 15.5 Å². The monoisotopic (exact) mass is 493 g/mol. The summed E-state index contributed by atoms with van der Waals surface area (Å²) in [6.07, 6.45) is 2.61. The fraction of sp³-hybridized carbons (Fsp3) is 0.654. The molecule has 0 heterocycles. The molecule has 0 fully saturated rings. The molecule has 34 heavy (non-hydrogen) atoms. The van der Waals surface area contributed by atoms with E-state index in [2.05, 4.69) is 17.6 Å². The fourth-order valence-electron chi connectivity index (χ4n) is 3.54. The van der Waals surface area contributed by atoms with E-state index in [4.69, 9.17) is 4.74 Å². The lowest BCUT2D eigenvalue weighted by Gasteiger charge is -2.37. The number of nitrogens with one attached hydrogen (secondary N) is 2. The first-order valence-corrected chi connectivity index (χ1v) is 13.4. The van der Waals surface area contributed by atoms with Gasteiger partial charge in [-0.05, 0) is 84.4 Å². The lowest BCUT2D eigenvalue weighted by molar-refractivity contribution is -0.144. The fourth-order valence-corrected chi connectivity index (χ4v) is 4.01. The van der Waals surface area contributed by atoms with Crippen molar-refractivity contribution in [2.24, 2.45) is 0 Å². The summed E-state index contributed by atoms with van der Waals surface area (Å²) >= 11 is 1.59. The van der Waals surface area contributed by atoms with Crippen LogP contribution in [0.5, 0.6) is 0 Å². The van der Waals surface area contributed by atoms with Gasteiger partial charge in [-0.2, -0.15) is 11.8 Å². The number of aryl methyl sites for hydroxylation is 1. The topological polar surface area (TPSA) is 87.7 Å².